The van der Waals surface area contributed by atoms with Gasteiger partial charge in [-0.1, -0.05) is 78.9 Å². The molecule has 0 aliphatic carbocycles. The fraction of sp³-hybridized carbons (Fsp3) is 0. The van der Waals surface area contributed by atoms with Crippen LogP contribution >= 0.6 is 0 Å². The van der Waals surface area contributed by atoms with Gasteiger partial charge in [-0.05, 0) is 12.1 Å². The quantitative estimate of drug-likeness (QED) is 0.100. The zero-order valence-electron chi connectivity index (χ0n) is 31.2. The summed E-state index contributed by atoms with van der Waals surface area (Å²) in [6.45, 7) is 0. The third-order valence-corrected chi connectivity index (χ3v) is 13.5. The number of rotatable bonds is 4. The molecule has 8 bridgehead atoms. The van der Waals surface area contributed by atoms with E-state index in [9.17, 15) is 51.9 Å². The Morgan fingerprint density at radius 3 is 0.938 bits per heavy atom. The molecule has 0 saturated carbocycles. The van der Waals surface area contributed by atoms with Gasteiger partial charge in [0.25, 0.3) is 40.5 Å². The summed E-state index contributed by atoms with van der Waals surface area (Å²) >= 11 is 0. The molecule has 334 valence electrons. The van der Waals surface area contributed by atoms with E-state index in [0.29, 0.717) is 33.2 Å². The number of hydrogen-bond acceptors (Lipinski definition) is 15. The zero-order valence-corrected chi connectivity index (χ0v) is 36.4. The van der Waals surface area contributed by atoms with Crippen LogP contribution < -0.4 is 0 Å². The van der Waals surface area contributed by atoms with Crippen LogP contribution in [0.2, 0.25) is 0 Å². The predicted octanol–water partition coefficient (Wildman–Crippen LogP) is 4.93. The molecule has 2 aliphatic rings. The second kappa shape index (κ2) is 16.6. The molecular weight excluding hydrogens is 1020 g/mol. The minimum absolute atomic E-state index is 0. The van der Waals surface area contributed by atoms with Crippen LogP contribution in [-0.4, -0.2) is 96.7 Å². The molecule has 0 amide bonds. The Morgan fingerprint density at radius 2 is 0.656 bits per heavy atom. The van der Waals surface area contributed by atoms with Gasteiger partial charge >= 0.3 is 0 Å². The number of pyridine rings is 1. The second-order valence-electron chi connectivity index (χ2n) is 13.2. The van der Waals surface area contributed by atoms with E-state index in [-0.39, 0.29) is 68.6 Å². The van der Waals surface area contributed by atoms with Gasteiger partial charge in [-0.25, -0.2) is 29.9 Å². The molecule has 8 aromatic rings. The molecule has 0 unspecified atom stereocenters. The normalized spacial score (nSPS) is 12.3. The van der Waals surface area contributed by atoms with E-state index in [1.165, 1.54) is 12.1 Å². The van der Waals surface area contributed by atoms with Gasteiger partial charge in [-0.3, -0.25) is 23.2 Å². The topological polar surface area (TPSA) is 339 Å². The average Bonchev–Trinajstić information content (AvgIpc) is 3.95. The first-order valence-electron chi connectivity index (χ1n) is 17.4. The van der Waals surface area contributed by atoms with E-state index < -0.39 is 82.1 Å². The average molecular weight is 1040 g/mol. The van der Waals surface area contributed by atoms with Crippen molar-refractivity contribution in [1.82, 2.24) is 44.9 Å². The summed E-state index contributed by atoms with van der Waals surface area (Å²) in [4.78, 5) is 28.3. The van der Waals surface area contributed by atoms with Crippen LogP contribution in [0.4, 0.5) is 0 Å². The number of aromatic nitrogens is 9. The Balaban J connectivity index is 0.000000709. The molecule has 0 spiro atoms. The molecule has 0 saturated heterocycles. The van der Waals surface area contributed by atoms with E-state index in [0.717, 1.165) is 0 Å². The van der Waals surface area contributed by atoms with Crippen molar-refractivity contribution in [2.75, 3.05) is 0 Å². The standard InChI is InChI=1S/C32H18N8O12S4.C5H5N.2Cu/c41-53(42,43)21-19-20(22(54(44,45)46)24(56(50,51)52)23(21)55(47,48)49)32-39-30-18-12-6-4-10-16(18)28(37-30)35-26-14-8-2-1-7-13(14)25(33-26)34-27-15-9-3-5-11-17(15)29(36-27)38-31(19)40-32;1-2-4-6-5-3-1;;/h1-12H,(H,41,42,43)(H,44,45,46)(H,47,48,49)(H,50,51,52)(H2,33,34,35,36,37,38,39,40);1-5H;;. The van der Waals surface area contributed by atoms with Crippen LogP contribution in [-0.2, 0) is 74.6 Å². The van der Waals surface area contributed by atoms with Gasteiger partial charge in [-0.15, -0.1) is 0 Å². The fourth-order valence-electron chi connectivity index (χ4n) is 7.06. The molecule has 21 nitrogen and oxygen atoms in total. The minimum atomic E-state index is -6.24. The van der Waals surface area contributed by atoms with E-state index in [1.54, 1.807) is 73.1 Å². The minimum Gasteiger partial charge on any atom is -0.324 e. The summed E-state index contributed by atoms with van der Waals surface area (Å²) in [5.74, 6) is -0.428. The molecule has 2 aliphatic heterocycles. The Labute approximate surface area is 381 Å². The van der Waals surface area contributed by atoms with Crippen molar-refractivity contribution in [1.29, 1.82) is 0 Å². The van der Waals surface area contributed by atoms with Crippen molar-refractivity contribution in [2.24, 2.45) is 0 Å². The molecule has 2 radical (unpaired) electrons. The van der Waals surface area contributed by atoms with Gasteiger partial charge in [0.1, 0.15) is 42.2 Å². The number of aromatic amines is 2. The summed E-state index contributed by atoms with van der Waals surface area (Å²) in [5.41, 5.74) is 0.187. The maximum Gasteiger partial charge on any atom is 0.297 e. The van der Waals surface area contributed by atoms with Crippen molar-refractivity contribution in [3.63, 3.8) is 0 Å². The maximum absolute atomic E-state index is 13.2. The van der Waals surface area contributed by atoms with Crippen molar-refractivity contribution in [3.05, 3.63) is 103 Å². The van der Waals surface area contributed by atoms with Crippen LogP contribution in [0.15, 0.2) is 123 Å². The van der Waals surface area contributed by atoms with Crippen molar-refractivity contribution < 1.29 is 86.0 Å². The molecule has 4 aromatic carbocycles. The number of nitrogens with zero attached hydrogens (tertiary/aromatic N) is 7. The monoisotopic (exact) mass is 1040 g/mol. The summed E-state index contributed by atoms with van der Waals surface area (Å²) in [6, 6.07) is 25.6. The van der Waals surface area contributed by atoms with Crippen LogP contribution in [0, 0.1) is 0 Å². The Hall–Kier alpha value is -5.93. The van der Waals surface area contributed by atoms with Gasteiger partial charge in [-0.2, -0.15) is 33.7 Å². The van der Waals surface area contributed by atoms with Gasteiger partial charge in [0.05, 0.1) is 10.8 Å². The molecule has 64 heavy (non-hydrogen) atoms. The Kier molecular flexibility index (Phi) is 11.9. The zero-order chi connectivity index (χ0) is 43.9. The van der Waals surface area contributed by atoms with Gasteiger partial charge in [0, 0.05) is 79.6 Å². The van der Waals surface area contributed by atoms with Gasteiger partial charge in [0.2, 0.25) is 0 Å². The van der Waals surface area contributed by atoms with Crippen molar-refractivity contribution in [2.45, 2.75) is 19.6 Å². The Bertz CT molecular complexity index is 3640. The third-order valence-electron chi connectivity index (χ3n) is 9.42. The van der Waals surface area contributed by atoms with Crippen LogP contribution in [0.1, 0.15) is 0 Å². The van der Waals surface area contributed by atoms with Crippen molar-refractivity contribution in [3.8, 4) is 45.6 Å². The predicted molar refractivity (Wildman–Crippen MR) is 220 cm³/mol. The molecular formula is C37H23Cu2N9O12S4. The second-order valence-corrected chi connectivity index (χ2v) is 18.7. The van der Waals surface area contributed by atoms with Crippen LogP contribution in [0.5, 0.6) is 0 Å². The molecule has 0 fully saturated rings. The number of hydrogen-bond donors (Lipinski definition) is 6. The molecule has 6 heterocycles. The largest absolute Gasteiger partial charge is 0.324 e. The Morgan fingerprint density at radius 1 is 0.359 bits per heavy atom. The molecule has 4 aromatic heterocycles. The van der Waals surface area contributed by atoms with Crippen LogP contribution in [0.25, 0.3) is 89.7 Å². The molecule has 10 rings (SSSR count). The first-order chi connectivity index (χ1) is 29.3. The molecule has 27 heteroatoms. The first-order valence-corrected chi connectivity index (χ1v) is 23.2. The van der Waals surface area contributed by atoms with E-state index in [2.05, 4.69) is 34.9 Å². The summed E-state index contributed by atoms with van der Waals surface area (Å²) in [6.07, 6.45) is 3.50. The van der Waals surface area contributed by atoms with E-state index >= 15 is 0 Å². The van der Waals surface area contributed by atoms with Gasteiger partial charge in [0.15, 0.2) is 23.3 Å². The third kappa shape index (κ3) is 8.08. The molecule has 6 N–H and O–H groups in total. The number of H-pyrrole nitrogens is 2. The van der Waals surface area contributed by atoms with Gasteiger partial charge < -0.3 is 9.97 Å². The fourth-order valence-corrected chi connectivity index (χ4v) is 12.0. The van der Waals surface area contributed by atoms with E-state index in [4.69, 9.17) is 9.97 Å². The number of fused-ring (bicyclic) bond motifs is 20. The smallest absolute Gasteiger partial charge is 0.297 e. The molecule has 0 atom stereocenters. The summed E-state index contributed by atoms with van der Waals surface area (Å²) < 4.78 is 146. The van der Waals surface area contributed by atoms with E-state index in [1.807, 2.05) is 18.2 Å². The number of nitrogens with one attached hydrogen (secondary N) is 2. The summed E-state index contributed by atoms with van der Waals surface area (Å²) in [5, 5.41) is -1.17. The van der Waals surface area contributed by atoms with Crippen molar-refractivity contribution >= 4 is 84.6 Å². The summed E-state index contributed by atoms with van der Waals surface area (Å²) in [7, 11) is -24.6. The maximum atomic E-state index is 13.2. The van der Waals surface area contributed by atoms with Crippen LogP contribution in [0.3, 0.4) is 0 Å². The number of benzene rings is 4. The SMILES string of the molecule is O=S(=O)(O)c1c(S(=O)(=O)O)c(S(=O)(=O)O)c2c3nc4nc(nc5[nH]c(nc6nc(nc([nH]3)c2c1S(=O)(=O)O)-c1ccccc1-6)c1ccccc51)-c1ccccc1-4.[Cu].[Cu].c1ccncc1. The first kappa shape index (κ1) is 46.1.